The first-order chi connectivity index (χ1) is 13.1. The molecule has 0 aliphatic carbocycles. The van der Waals surface area contributed by atoms with E-state index in [9.17, 15) is 9.59 Å². The second-order valence-electron chi connectivity index (χ2n) is 5.70. The van der Waals surface area contributed by atoms with Crippen molar-refractivity contribution in [1.29, 1.82) is 0 Å². The lowest BCUT2D eigenvalue weighted by molar-refractivity contribution is -0.131. The molecule has 0 saturated heterocycles. The maximum Gasteiger partial charge on any atom is 0.308 e. The smallest absolute Gasteiger partial charge is 0.308 e. The van der Waals surface area contributed by atoms with E-state index in [0.29, 0.717) is 23.0 Å². The highest BCUT2D eigenvalue weighted by atomic mass is 32.1. The Kier molecular flexibility index (Phi) is 5.78. The van der Waals surface area contributed by atoms with Gasteiger partial charge in [0.05, 0.1) is 5.69 Å². The Morgan fingerprint density at radius 3 is 2.48 bits per heavy atom. The summed E-state index contributed by atoms with van der Waals surface area (Å²) in [6.07, 6.45) is 1.66. The van der Waals surface area contributed by atoms with Crippen LogP contribution >= 0.6 is 11.3 Å². The van der Waals surface area contributed by atoms with E-state index in [1.165, 1.54) is 18.3 Å². The molecule has 27 heavy (non-hydrogen) atoms. The Morgan fingerprint density at radius 2 is 1.85 bits per heavy atom. The average Bonchev–Trinajstić information content (AvgIpc) is 3.16. The minimum absolute atomic E-state index is 0.196. The normalized spacial score (nSPS) is 10.3. The van der Waals surface area contributed by atoms with Crippen LogP contribution in [0, 0.1) is 0 Å². The number of ether oxygens (including phenoxy) is 1. The summed E-state index contributed by atoms with van der Waals surface area (Å²) in [6, 6.07) is 16.3. The highest BCUT2D eigenvalue weighted by Crippen LogP contribution is 2.28. The van der Waals surface area contributed by atoms with Gasteiger partial charge in [0.1, 0.15) is 5.75 Å². The Hall–Kier alpha value is -3.25. The summed E-state index contributed by atoms with van der Waals surface area (Å²) in [7, 11) is 0. The maximum absolute atomic E-state index is 13.0. The number of carbonyl (C=O) groups excluding carboxylic acids is 2. The van der Waals surface area contributed by atoms with Crippen molar-refractivity contribution in [3.8, 4) is 17.0 Å². The number of rotatable bonds is 6. The molecule has 0 spiro atoms. The summed E-state index contributed by atoms with van der Waals surface area (Å²) in [4.78, 5) is 30.1. The van der Waals surface area contributed by atoms with Gasteiger partial charge in [0.25, 0.3) is 5.91 Å². The van der Waals surface area contributed by atoms with Crippen molar-refractivity contribution in [1.82, 2.24) is 4.98 Å². The van der Waals surface area contributed by atoms with Crippen molar-refractivity contribution in [3.63, 3.8) is 0 Å². The van der Waals surface area contributed by atoms with Crippen LogP contribution in [-0.4, -0.2) is 23.4 Å². The lowest BCUT2D eigenvalue weighted by Crippen LogP contribution is -2.30. The first-order valence-corrected chi connectivity index (χ1v) is 9.18. The molecule has 3 rings (SSSR count). The molecule has 0 aliphatic rings. The molecule has 0 bridgehead atoms. The van der Waals surface area contributed by atoms with Crippen LogP contribution in [0.4, 0.5) is 5.13 Å². The molecule has 0 unspecified atom stereocenters. The Bertz CT molecular complexity index is 949. The van der Waals surface area contributed by atoms with Gasteiger partial charge in [-0.3, -0.25) is 14.5 Å². The van der Waals surface area contributed by atoms with Crippen LogP contribution in [0.1, 0.15) is 17.3 Å². The highest BCUT2D eigenvalue weighted by Gasteiger charge is 2.20. The van der Waals surface area contributed by atoms with E-state index < -0.39 is 5.97 Å². The topological polar surface area (TPSA) is 59.5 Å². The summed E-state index contributed by atoms with van der Waals surface area (Å²) in [5.74, 6) is -0.202. The number of nitrogens with zero attached hydrogens (tertiary/aromatic N) is 2. The van der Waals surface area contributed by atoms with Crippen LogP contribution in [-0.2, 0) is 4.79 Å². The Labute approximate surface area is 161 Å². The summed E-state index contributed by atoms with van der Waals surface area (Å²) in [6.45, 7) is 5.41. The predicted molar refractivity (Wildman–Crippen MR) is 107 cm³/mol. The highest BCUT2D eigenvalue weighted by molar-refractivity contribution is 7.14. The van der Waals surface area contributed by atoms with Gasteiger partial charge in [0, 0.05) is 30.0 Å². The van der Waals surface area contributed by atoms with Gasteiger partial charge in [0.15, 0.2) is 5.13 Å². The summed E-state index contributed by atoms with van der Waals surface area (Å²) in [5, 5.41) is 2.53. The number of hydrogen-bond donors (Lipinski definition) is 0. The van der Waals surface area contributed by atoms with Gasteiger partial charge in [0.2, 0.25) is 0 Å². The molecule has 0 atom stereocenters. The molecule has 0 aliphatic heterocycles. The minimum atomic E-state index is -0.404. The van der Waals surface area contributed by atoms with Gasteiger partial charge < -0.3 is 4.74 Å². The lowest BCUT2D eigenvalue weighted by atomic mass is 10.2. The van der Waals surface area contributed by atoms with Crippen LogP contribution in [0.15, 0.2) is 72.6 Å². The van der Waals surface area contributed by atoms with E-state index in [4.69, 9.17) is 4.74 Å². The molecule has 0 N–H and O–H groups in total. The maximum atomic E-state index is 13.0. The molecule has 1 aromatic heterocycles. The van der Waals surface area contributed by atoms with E-state index >= 15 is 0 Å². The van der Waals surface area contributed by atoms with Crippen LogP contribution in [0.5, 0.6) is 5.75 Å². The molecular formula is C21H18N2O3S. The molecule has 6 heteroatoms. The average molecular weight is 378 g/mol. The number of anilines is 1. The molecule has 136 valence electrons. The van der Waals surface area contributed by atoms with Crippen molar-refractivity contribution in [3.05, 3.63) is 78.2 Å². The third kappa shape index (κ3) is 4.48. The van der Waals surface area contributed by atoms with Gasteiger partial charge in [-0.2, -0.15) is 0 Å². The van der Waals surface area contributed by atoms with Gasteiger partial charge in [-0.25, -0.2) is 4.98 Å². The fraction of sp³-hybridized carbons (Fsp3) is 0.0952. The molecular weight excluding hydrogens is 360 g/mol. The molecule has 1 heterocycles. The Balaban J connectivity index is 1.85. The first kappa shape index (κ1) is 18.5. The standard InChI is InChI=1S/C21H18N2O3S/c1-3-13-23(20(25)17-9-11-18(12-10-17)26-15(2)24)21-22-19(14-27-21)16-7-5-4-6-8-16/h3-12,14H,1,13H2,2H3. The van der Waals surface area contributed by atoms with Crippen molar-refractivity contribution in [2.75, 3.05) is 11.4 Å². The zero-order valence-electron chi connectivity index (χ0n) is 14.8. The second-order valence-corrected chi connectivity index (χ2v) is 6.54. The lowest BCUT2D eigenvalue weighted by Gasteiger charge is -2.18. The molecule has 0 radical (unpaired) electrons. The molecule has 0 saturated carbocycles. The SMILES string of the molecule is C=CCN(C(=O)c1ccc(OC(C)=O)cc1)c1nc(-c2ccccc2)cs1. The van der Waals surface area contributed by atoms with Crippen LogP contribution in [0.2, 0.25) is 0 Å². The monoisotopic (exact) mass is 378 g/mol. The second kappa shape index (κ2) is 8.42. The summed E-state index contributed by atoms with van der Waals surface area (Å²) in [5.41, 5.74) is 2.30. The number of aromatic nitrogens is 1. The molecule has 1 amide bonds. The van der Waals surface area contributed by atoms with E-state index in [2.05, 4.69) is 11.6 Å². The number of esters is 1. The molecule has 3 aromatic rings. The number of amides is 1. The molecule has 0 fully saturated rings. The van der Waals surface area contributed by atoms with Gasteiger partial charge in [-0.05, 0) is 24.3 Å². The molecule has 2 aromatic carbocycles. The largest absolute Gasteiger partial charge is 0.427 e. The quantitative estimate of drug-likeness (QED) is 0.358. The van der Waals surface area contributed by atoms with Crippen molar-refractivity contribution >= 4 is 28.3 Å². The van der Waals surface area contributed by atoms with Gasteiger partial charge in [-0.15, -0.1) is 17.9 Å². The first-order valence-electron chi connectivity index (χ1n) is 8.30. The number of benzene rings is 2. The van der Waals surface area contributed by atoms with Crippen LogP contribution in [0.25, 0.3) is 11.3 Å². The van der Waals surface area contributed by atoms with E-state index in [0.717, 1.165) is 11.3 Å². The predicted octanol–water partition coefficient (Wildman–Crippen LogP) is 4.57. The van der Waals surface area contributed by atoms with E-state index in [-0.39, 0.29) is 5.91 Å². The van der Waals surface area contributed by atoms with Crippen molar-refractivity contribution in [2.45, 2.75) is 6.92 Å². The minimum Gasteiger partial charge on any atom is -0.427 e. The fourth-order valence-corrected chi connectivity index (χ4v) is 3.34. The molecule has 5 nitrogen and oxygen atoms in total. The van der Waals surface area contributed by atoms with Crippen LogP contribution in [0.3, 0.4) is 0 Å². The summed E-state index contributed by atoms with van der Waals surface area (Å²) >= 11 is 1.40. The fourth-order valence-electron chi connectivity index (χ4n) is 2.49. The van der Waals surface area contributed by atoms with Gasteiger partial charge in [-0.1, -0.05) is 36.4 Å². The van der Waals surface area contributed by atoms with Crippen LogP contribution < -0.4 is 9.64 Å². The third-order valence-electron chi connectivity index (χ3n) is 3.71. The zero-order chi connectivity index (χ0) is 19.2. The number of hydrogen-bond acceptors (Lipinski definition) is 5. The van der Waals surface area contributed by atoms with Crippen molar-refractivity contribution in [2.24, 2.45) is 0 Å². The van der Waals surface area contributed by atoms with E-state index in [1.807, 2.05) is 35.7 Å². The zero-order valence-corrected chi connectivity index (χ0v) is 15.6. The van der Waals surface area contributed by atoms with Crippen molar-refractivity contribution < 1.29 is 14.3 Å². The summed E-state index contributed by atoms with van der Waals surface area (Å²) < 4.78 is 5.00. The third-order valence-corrected chi connectivity index (χ3v) is 4.58. The number of thiazole rings is 1. The number of carbonyl (C=O) groups is 2. The Morgan fingerprint density at radius 1 is 1.15 bits per heavy atom. The van der Waals surface area contributed by atoms with Gasteiger partial charge >= 0.3 is 5.97 Å². The van der Waals surface area contributed by atoms with E-state index in [1.54, 1.807) is 35.2 Å².